The topological polar surface area (TPSA) is 91.8 Å². The molecule has 1 saturated heterocycles. The van der Waals surface area contributed by atoms with Crippen LogP contribution in [0.2, 0.25) is 0 Å². The van der Waals surface area contributed by atoms with E-state index < -0.39 is 10.0 Å². The number of fused-ring (bicyclic) bond motifs is 1. The van der Waals surface area contributed by atoms with Crippen LogP contribution in [0.25, 0.3) is 10.2 Å². The van der Waals surface area contributed by atoms with Crippen molar-refractivity contribution in [3.63, 3.8) is 0 Å². The fourth-order valence-electron chi connectivity index (χ4n) is 3.42. The van der Waals surface area contributed by atoms with Gasteiger partial charge in [-0.3, -0.25) is 4.79 Å². The maximum atomic E-state index is 13.0. The number of piperazine rings is 1. The number of hydrogen-bond donors (Lipinski definition) is 1. The minimum atomic E-state index is -3.54. The summed E-state index contributed by atoms with van der Waals surface area (Å²) in [4.78, 5) is 19.0. The van der Waals surface area contributed by atoms with Gasteiger partial charge in [-0.25, -0.2) is 13.4 Å². The molecule has 1 aromatic heterocycles. The van der Waals surface area contributed by atoms with Crippen molar-refractivity contribution >= 4 is 42.6 Å². The Bertz CT molecular complexity index is 1170. The van der Waals surface area contributed by atoms with Gasteiger partial charge in [-0.1, -0.05) is 29.5 Å². The number of amides is 1. The zero-order valence-corrected chi connectivity index (χ0v) is 19.5. The van der Waals surface area contributed by atoms with Crippen molar-refractivity contribution in [2.75, 3.05) is 45.2 Å². The number of hydrogen-bond acceptors (Lipinski definition) is 7. The van der Waals surface area contributed by atoms with Crippen molar-refractivity contribution < 1.29 is 17.9 Å². The largest absolute Gasteiger partial charge is 0.494 e. The first-order chi connectivity index (χ1) is 15.4. The first-order valence-electron chi connectivity index (χ1n) is 10.5. The first-order valence-corrected chi connectivity index (χ1v) is 12.7. The second-order valence-electron chi connectivity index (χ2n) is 7.67. The van der Waals surface area contributed by atoms with Crippen molar-refractivity contribution in [2.24, 2.45) is 0 Å². The third-order valence-electron chi connectivity index (χ3n) is 5.27. The predicted molar refractivity (Wildman–Crippen MR) is 126 cm³/mol. The Hall–Kier alpha value is -2.53. The van der Waals surface area contributed by atoms with E-state index in [1.807, 2.05) is 37.4 Å². The van der Waals surface area contributed by atoms with Gasteiger partial charge in [0.05, 0.1) is 21.7 Å². The molecular formula is C22H26N4O4S2. The molecule has 8 nitrogen and oxygen atoms in total. The molecule has 0 saturated carbocycles. The summed E-state index contributed by atoms with van der Waals surface area (Å²) in [6.07, 6.45) is 0.894. The van der Waals surface area contributed by atoms with Gasteiger partial charge >= 0.3 is 0 Å². The maximum Gasteiger partial charge on any atom is 0.243 e. The summed E-state index contributed by atoms with van der Waals surface area (Å²) in [5.41, 5.74) is 0.662. The van der Waals surface area contributed by atoms with Crippen LogP contribution in [0, 0.1) is 0 Å². The molecule has 1 N–H and O–H groups in total. The van der Waals surface area contributed by atoms with Gasteiger partial charge in [-0.15, -0.1) is 0 Å². The number of para-hydroxylation sites is 1. The van der Waals surface area contributed by atoms with Gasteiger partial charge in [0.2, 0.25) is 15.9 Å². The van der Waals surface area contributed by atoms with E-state index >= 15 is 0 Å². The van der Waals surface area contributed by atoms with Gasteiger partial charge in [-0.2, -0.15) is 4.31 Å². The summed E-state index contributed by atoms with van der Waals surface area (Å²) >= 11 is 1.27. The number of nitrogens with one attached hydrogen (secondary N) is 1. The number of anilines is 1. The Kier molecular flexibility index (Phi) is 7.04. The first kappa shape index (κ1) is 22.7. The maximum absolute atomic E-state index is 13.0. The summed E-state index contributed by atoms with van der Waals surface area (Å²) in [7, 11) is -1.56. The van der Waals surface area contributed by atoms with Gasteiger partial charge in [0.25, 0.3) is 0 Å². The van der Waals surface area contributed by atoms with E-state index in [0.717, 1.165) is 10.4 Å². The second kappa shape index (κ2) is 9.95. The molecule has 0 radical (unpaired) electrons. The average molecular weight is 475 g/mol. The van der Waals surface area contributed by atoms with Crippen LogP contribution in [-0.2, 0) is 14.8 Å². The standard InChI is InChI=1S/C22H26N4O4S2/c1-25-11-13-26(14-12-25)32(28,29)18-9-10-19-20(16-18)31-22(23-19)24-21(27)8-5-15-30-17-6-3-2-4-7-17/h2-4,6-7,9-10,16H,5,8,11-15H2,1H3,(H,23,24,27). The van der Waals surface area contributed by atoms with Crippen LogP contribution in [0.5, 0.6) is 5.75 Å². The number of aromatic nitrogens is 1. The van der Waals surface area contributed by atoms with Crippen LogP contribution >= 0.6 is 11.3 Å². The molecular weight excluding hydrogens is 448 g/mol. The second-order valence-corrected chi connectivity index (χ2v) is 10.6. The van der Waals surface area contributed by atoms with E-state index in [-0.39, 0.29) is 10.8 Å². The third kappa shape index (κ3) is 5.44. The minimum Gasteiger partial charge on any atom is -0.494 e. The van der Waals surface area contributed by atoms with Crippen molar-refractivity contribution in [3.05, 3.63) is 48.5 Å². The summed E-state index contributed by atoms with van der Waals surface area (Å²) in [6, 6.07) is 14.4. The minimum absolute atomic E-state index is 0.147. The molecule has 1 aliphatic heterocycles. The summed E-state index contributed by atoms with van der Waals surface area (Å²) in [5, 5.41) is 3.27. The fourth-order valence-corrected chi connectivity index (χ4v) is 5.86. The highest BCUT2D eigenvalue weighted by Crippen LogP contribution is 2.29. The number of rotatable bonds is 8. The molecule has 3 aromatic rings. The molecule has 0 bridgehead atoms. The SMILES string of the molecule is CN1CCN(S(=O)(=O)c2ccc3nc(NC(=O)CCCOc4ccccc4)sc3c2)CC1. The van der Waals surface area contributed by atoms with Crippen molar-refractivity contribution in [1.82, 2.24) is 14.2 Å². The van der Waals surface area contributed by atoms with Crippen LogP contribution in [0.4, 0.5) is 5.13 Å². The van der Waals surface area contributed by atoms with E-state index in [9.17, 15) is 13.2 Å². The van der Waals surface area contributed by atoms with Crippen molar-refractivity contribution in [1.29, 1.82) is 0 Å². The molecule has 2 heterocycles. The normalized spacial score (nSPS) is 15.7. The molecule has 0 unspecified atom stereocenters. The van der Waals surface area contributed by atoms with Crippen LogP contribution in [0.3, 0.4) is 0 Å². The van der Waals surface area contributed by atoms with Crippen LogP contribution in [0.1, 0.15) is 12.8 Å². The predicted octanol–water partition coefficient (Wildman–Crippen LogP) is 3.03. The van der Waals surface area contributed by atoms with Gasteiger partial charge in [-0.05, 0) is 43.8 Å². The summed E-state index contributed by atoms with van der Waals surface area (Å²) < 4.78 is 33.8. The molecule has 2 aromatic carbocycles. The number of thiazole rings is 1. The number of carbonyl (C=O) groups excluding carboxylic acids is 1. The molecule has 0 atom stereocenters. The Morgan fingerprint density at radius 3 is 2.62 bits per heavy atom. The smallest absolute Gasteiger partial charge is 0.243 e. The van der Waals surface area contributed by atoms with Crippen LogP contribution in [0.15, 0.2) is 53.4 Å². The van der Waals surface area contributed by atoms with Crippen molar-refractivity contribution in [2.45, 2.75) is 17.7 Å². The monoisotopic (exact) mass is 474 g/mol. The Balaban J connectivity index is 1.35. The number of benzene rings is 2. The van der Waals surface area contributed by atoms with E-state index in [0.29, 0.717) is 56.3 Å². The summed E-state index contributed by atoms with van der Waals surface area (Å²) in [6.45, 7) is 2.84. The fraction of sp³-hybridized carbons (Fsp3) is 0.364. The molecule has 0 spiro atoms. The lowest BCUT2D eigenvalue weighted by molar-refractivity contribution is -0.116. The average Bonchev–Trinajstić information content (AvgIpc) is 3.19. The number of sulfonamides is 1. The van der Waals surface area contributed by atoms with Crippen LogP contribution in [-0.4, -0.2) is 68.3 Å². The zero-order valence-electron chi connectivity index (χ0n) is 17.9. The molecule has 0 aliphatic carbocycles. The molecule has 10 heteroatoms. The summed E-state index contributed by atoms with van der Waals surface area (Å²) in [5.74, 6) is 0.632. The number of nitrogens with zero attached hydrogens (tertiary/aromatic N) is 3. The van der Waals surface area contributed by atoms with E-state index in [1.165, 1.54) is 15.6 Å². The lowest BCUT2D eigenvalue weighted by atomic mass is 10.3. The van der Waals surface area contributed by atoms with Crippen molar-refractivity contribution in [3.8, 4) is 5.75 Å². The Morgan fingerprint density at radius 1 is 1.12 bits per heavy atom. The zero-order chi connectivity index (χ0) is 22.6. The lowest BCUT2D eigenvalue weighted by Gasteiger charge is -2.31. The van der Waals surface area contributed by atoms with Gasteiger partial charge < -0.3 is 15.0 Å². The van der Waals surface area contributed by atoms with Gasteiger partial charge in [0.1, 0.15) is 5.75 Å². The molecule has 1 amide bonds. The Morgan fingerprint density at radius 2 is 1.88 bits per heavy atom. The molecule has 4 rings (SSSR count). The van der Waals surface area contributed by atoms with Crippen LogP contribution < -0.4 is 10.1 Å². The van der Waals surface area contributed by atoms with E-state index in [2.05, 4.69) is 15.2 Å². The highest BCUT2D eigenvalue weighted by molar-refractivity contribution is 7.89. The van der Waals surface area contributed by atoms with E-state index in [1.54, 1.807) is 18.2 Å². The molecule has 32 heavy (non-hydrogen) atoms. The highest BCUT2D eigenvalue weighted by atomic mass is 32.2. The molecule has 170 valence electrons. The number of carbonyl (C=O) groups is 1. The van der Waals surface area contributed by atoms with E-state index in [4.69, 9.17) is 4.74 Å². The quantitative estimate of drug-likeness (QED) is 0.505. The lowest BCUT2D eigenvalue weighted by Crippen LogP contribution is -2.46. The molecule has 1 aliphatic rings. The number of ether oxygens (including phenoxy) is 1. The highest BCUT2D eigenvalue weighted by Gasteiger charge is 2.27. The van der Waals surface area contributed by atoms with Gasteiger partial charge in [0, 0.05) is 32.6 Å². The molecule has 1 fully saturated rings. The third-order valence-corrected chi connectivity index (χ3v) is 8.09. The Labute approximate surface area is 191 Å². The number of likely N-dealkylation sites (N-methyl/N-ethyl adjacent to an activating group) is 1. The van der Waals surface area contributed by atoms with Gasteiger partial charge in [0.15, 0.2) is 5.13 Å².